The molecule has 0 saturated carbocycles. The average Bonchev–Trinajstić information content (AvgIpc) is 2.91. The van der Waals surface area contributed by atoms with Gasteiger partial charge in [0.2, 0.25) is 0 Å². The zero-order valence-corrected chi connectivity index (χ0v) is 20.8. The lowest BCUT2D eigenvalue weighted by molar-refractivity contribution is 0.0941. The van der Waals surface area contributed by atoms with E-state index in [0.29, 0.717) is 6.61 Å². The lowest BCUT2D eigenvalue weighted by atomic mass is 9.79. The Labute approximate surface area is 208 Å². The molecule has 0 aromatic heterocycles. The summed E-state index contributed by atoms with van der Waals surface area (Å²) in [6, 6.07) is 27.0. The van der Waals surface area contributed by atoms with Gasteiger partial charge in [-0.3, -0.25) is 4.90 Å². The highest BCUT2D eigenvalue weighted by Gasteiger charge is 2.40. The van der Waals surface area contributed by atoms with Crippen molar-refractivity contribution in [3.05, 3.63) is 108 Å². The summed E-state index contributed by atoms with van der Waals surface area (Å²) in [6.45, 7) is 7.50. The molecule has 1 aliphatic heterocycles. The fourth-order valence-electron chi connectivity index (χ4n) is 4.86. The maximum absolute atomic E-state index is 5.88. The first kappa shape index (κ1) is 24.6. The Morgan fingerprint density at radius 1 is 0.886 bits per heavy atom. The number of likely N-dealkylation sites (tertiary alicyclic amines) is 1. The quantitative estimate of drug-likeness (QED) is 0.261. The van der Waals surface area contributed by atoms with Gasteiger partial charge in [-0.2, -0.15) is 0 Å². The Bertz CT molecular complexity index is 1110. The molecule has 1 aliphatic rings. The highest BCUT2D eigenvalue weighted by molar-refractivity contribution is 5.88. The fraction of sp³-hybridized carbons (Fsp3) is 0.300. The van der Waals surface area contributed by atoms with E-state index >= 15 is 0 Å². The van der Waals surface area contributed by atoms with Crippen molar-refractivity contribution in [1.82, 2.24) is 4.90 Å². The Morgan fingerprint density at radius 2 is 1.49 bits per heavy atom. The van der Waals surface area contributed by atoms with Crippen LogP contribution in [0.15, 0.2) is 96.7 Å². The van der Waals surface area contributed by atoms with Gasteiger partial charge in [0.1, 0.15) is 18.1 Å². The lowest BCUT2D eigenvalue weighted by Gasteiger charge is -2.46. The Kier molecular flexibility index (Phi) is 8.22. The van der Waals surface area contributed by atoms with Crippen LogP contribution in [0.5, 0.6) is 11.5 Å². The van der Waals surface area contributed by atoms with Gasteiger partial charge in [-0.05, 0) is 41.0 Å². The number of ether oxygens (including phenoxy) is 2. The number of hydrogen-bond donors (Lipinski definition) is 0. The van der Waals surface area contributed by atoms with E-state index in [0.717, 1.165) is 35.7 Å². The zero-order chi connectivity index (χ0) is 24.6. The smallest absolute Gasteiger partial charge is 0.142 e. The van der Waals surface area contributed by atoms with Gasteiger partial charge in [-0.15, -0.1) is 6.58 Å². The maximum Gasteiger partial charge on any atom is 0.142 e. The topological polar surface area (TPSA) is 43.3 Å². The van der Waals surface area contributed by atoms with Crippen LogP contribution in [-0.4, -0.2) is 31.4 Å². The largest absolute Gasteiger partial charge is 0.497 e. The van der Waals surface area contributed by atoms with Crippen LogP contribution in [0.2, 0.25) is 0 Å². The average molecular weight is 471 g/mol. The molecule has 5 nitrogen and oxygen atoms in total. The zero-order valence-electron chi connectivity index (χ0n) is 20.8. The van der Waals surface area contributed by atoms with E-state index in [9.17, 15) is 0 Å². The number of hydrogen-bond acceptors (Lipinski definition) is 5. The van der Waals surface area contributed by atoms with Crippen LogP contribution in [-0.2, 0) is 11.4 Å². The van der Waals surface area contributed by atoms with Gasteiger partial charge in [0.15, 0.2) is 0 Å². The molecule has 0 N–H and O–H groups in total. The minimum absolute atomic E-state index is 0.110. The van der Waals surface area contributed by atoms with Crippen LogP contribution in [0.1, 0.15) is 42.1 Å². The fourth-order valence-corrected chi connectivity index (χ4v) is 4.86. The summed E-state index contributed by atoms with van der Waals surface area (Å²) in [5.74, 6) is 1.85. The van der Waals surface area contributed by atoms with Crippen molar-refractivity contribution in [2.75, 3.05) is 20.8 Å². The second kappa shape index (κ2) is 11.7. The summed E-state index contributed by atoms with van der Waals surface area (Å²) in [5, 5.41) is 4.69. The number of oxime groups is 1. The molecule has 3 aromatic carbocycles. The molecule has 3 aromatic rings. The molecular formula is C30H34N2O3. The molecule has 1 heterocycles. The van der Waals surface area contributed by atoms with Gasteiger partial charge in [-0.25, -0.2) is 0 Å². The predicted molar refractivity (Wildman–Crippen MR) is 141 cm³/mol. The van der Waals surface area contributed by atoms with E-state index in [4.69, 9.17) is 14.3 Å². The first-order valence-electron chi connectivity index (χ1n) is 12.0. The summed E-state index contributed by atoms with van der Waals surface area (Å²) in [6.07, 6.45) is 2.76. The van der Waals surface area contributed by atoms with E-state index in [1.165, 1.54) is 11.1 Å². The summed E-state index contributed by atoms with van der Waals surface area (Å²) >= 11 is 0. The minimum Gasteiger partial charge on any atom is -0.497 e. The molecule has 0 radical (unpaired) electrons. The SMILES string of the molecule is C=CCN1[C@H](c2ccc(OC)cc2)C/C(=N\OCc2ccccc2)[C@@H](C)[C@@H]1c1ccc(OC)cc1. The van der Waals surface area contributed by atoms with E-state index in [1.807, 2.05) is 48.5 Å². The molecule has 182 valence electrons. The molecule has 4 rings (SSSR count). The first-order valence-corrected chi connectivity index (χ1v) is 12.0. The van der Waals surface area contributed by atoms with E-state index < -0.39 is 0 Å². The van der Waals surface area contributed by atoms with Crippen molar-refractivity contribution in [3.8, 4) is 11.5 Å². The van der Waals surface area contributed by atoms with Crippen LogP contribution in [0, 0.1) is 5.92 Å². The number of rotatable bonds is 9. The molecule has 0 aliphatic carbocycles. The van der Waals surface area contributed by atoms with E-state index in [2.05, 4.69) is 60.0 Å². The molecule has 0 amide bonds. The third kappa shape index (κ3) is 5.75. The van der Waals surface area contributed by atoms with Crippen LogP contribution in [0.4, 0.5) is 0 Å². The Morgan fingerprint density at radius 3 is 2.06 bits per heavy atom. The van der Waals surface area contributed by atoms with Crippen molar-refractivity contribution in [1.29, 1.82) is 0 Å². The van der Waals surface area contributed by atoms with Crippen molar-refractivity contribution >= 4 is 5.71 Å². The van der Waals surface area contributed by atoms with Gasteiger partial charge in [0.05, 0.1) is 19.9 Å². The van der Waals surface area contributed by atoms with E-state index in [1.54, 1.807) is 14.2 Å². The van der Waals surface area contributed by atoms with E-state index in [-0.39, 0.29) is 18.0 Å². The molecular weight excluding hydrogens is 436 g/mol. The molecule has 1 saturated heterocycles. The van der Waals surface area contributed by atoms with Crippen LogP contribution < -0.4 is 9.47 Å². The van der Waals surface area contributed by atoms with Crippen LogP contribution >= 0.6 is 0 Å². The van der Waals surface area contributed by atoms with Crippen molar-refractivity contribution in [2.24, 2.45) is 11.1 Å². The van der Waals surface area contributed by atoms with Crippen molar-refractivity contribution < 1.29 is 14.3 Å². The second-order valence-corrected chi connectivity index (χ2v) is 8.83. The number of piperidine rings is 1. The molecule has 1 fully saturated rings. The van der Waals surface area contributed by atoms with Crippen LogP contribution in [0.25, 0.3) is 0 Å². The number of benzene rings is 3. The minimum atomic E-state index is 0.110. The maximum atomic E-state index is 5.88. The molecule has 0 spiro atoms. The van der Waals surface area contributed by atoms with Gasteiger partial charge < -0.3 is 14.3 Å². The highest BCUT2D eigenvalue weighted by atomic mass is 16.6. The number of nitrogens with zero attached hydrogens (tertiary/aromatic N) is 2. The highest BCUT2D eigenvalue weighted by Crippen LogP contribution is 2.44. The third-order valence-electron chi connectivity index (χ3n) is 6.71. The van der Waals surface area contributed by atoms with Gasteiger partial charge in [0.25, 0.3) is 0 Å². The van der Waals surface area contributed by atoms with Crippen LogP contribution in [0.3, 0.4) is 0 Å². The molecule has 0 bridgehead atoms. The second-order valence-electron chi connectivity index (χ2n) is 8.83. The summed E-state index contributed by atoms with van der Waals surface area (Å²) in [7, 11) is 3.38. The molecule has 3 atom stereocenters. The van der Waals surface area contributed by atoms with Gasteiger partial charge in [0, 0.05) is 31.0 Å². The monoisotopic (exact) mass is 470 g/mol. The van der Waals surface area contributed by atoms with Gasteiger partial charge >= 0.3 is 0 Å². The Balaban J connectivity index is 1.70. The lowest BCUT2D eigenvalue weighted by Crippen LogP contribution is -2.45. The molecule has 5 heteroatoms. The van der Waals surface area contributed by atoms with Gasteiger partial charge in [-0.1, -0.05) is 72.8 Å². The molecule has 35 heavy (non-hydrogen) atoms. The normalized spacial score (nSPS) is 21.5. The number of methoxy groups -OCH3 is 2. The predicted octanol–water partition coefficient (Wildman–Crippen LogP) is 6.59. The standard InChI is InChI=1S/C30H34N2O3/c1-5-19-32-29(24-11-15-26(33-3)16-12-24)20-28(31-35-21-23-9-7-6-8-10-23)22(2)30(32)25-13-17-27(34-4)18-14-25/h5-18,22,29-30H,1,19-21H2,2-4H3/b31-28+/t22-,29+,30-/m1/s1. The Hall–Kier alpha value is -3.57. The summed E-state index contributed by atoms with van der Waals surface area (Å²) < 4.78 is 10.8. The van der Waals surface area contributed by atoms with Crippen molar-refractivity contribution in [2.45, 2.75) is 32.0 Å². The summed E-state index contributed by atoms with van der Waals surface area (Å²) in [4.78, 5) is 8.39. The summed E-state index contributed by atoms with van der Waals surface area (Å²) in [5.41, 5.74) is 4.60. The first-order chi connectivity index (χ1) is 17.1. The third-order valence-corrected chi connectivity index (χ3v) is 6.71. The van der Waals surface area contributed by atoms with Crippen molar-refractivity contribution in [3.63, 3.8) is 0 Å². The molecule has 0 unspecified atom stereocenters.